The number of aryl methyl sites for hydroxylation is 1. The maximum absolute atomic E-state index is 12.2. The number of carbonyl (C=O) groups excluding carboxylic acids is 1. The fraction of sp³-hybridized carbons (Fsp3) is 0.136. The SMILES string of the molecule is Cc1ccc(Cl)cc1NC(=O)COc1ccc(CNc2ccc(Cl)c(Cl)c2)cc1Br. The van der Waals surface area contributed by atoms with E-state index in [0.717, 1.165) is 21.3 Å². The van der Waals surface area contributed by atoms with Gasteiger partial charge in [0, 0.05) is 22.9 Å². The molecule has 0 aromatic heterocycles. The fourth-order valence-corrected chi connectivity index (χ4v) is 3.65. The van der Waals surface area contributed by atoms with Gasteiger partial charge in [-0.25, -0.2) is 0 Å². The summed E-state index contributed by atoms with van der Waals surface area (Å²) in [5.74, 6) is 0.309. The van der Waals surface area contributed by atoms with Gasteiger partial charge in [0.2, 0.25) is 0 Å². The third kappa shape index (κ3) is 6.29. The van der Waals surface area contributed by atoms with Crippen molar-refractivity contribution in [1.82, 2.24) is 0 Å². The van der Waals surface area contributed by atoms with Gasteiger partial charge in [-0.1, -0.05) is 46.9 Å². The average molecular weight is 529 g/mol. The summed E-state index contributed by atoms with van der Waals surface area (Å²) in [4.78, 5) is 12.2. The highest BCUT2D eigenvalue weighted by Gasteiger charge is 2.09. The van der Waals surface area contributed by atoms with Gasteiger partial charge in [0.05, 0.1) is 14.5 Å². The van der Waals surface area contributed by atoms with E-state index in [-0.39, 0.29) is 12.5 Å². The zero-order valence-corrected chi connectivity index (χ0v) is 19.8. The van der Waals surface area contributed by atoms with Crippen molar-refractivity contribution in [2.24, 2.45) is 0 Å². The molecule has 0 saturated heterocycles. The highest BCUT2D eigenvalue weighted by molar-refractivity contribution is 9.10. The van der Waals surface area contributed by atoms with Crippen LogP contribution >= 0.6 is 50.7 Å². The highest BCUT2D eigenvalue weighted by Crippen LogP contribution is 2.28. The second-order valence-corrected chi connectivity index (χ2v) is 8.65. The zero-order chi connectivity index (χ0) is 21.7. The van der Waals surface area contributed by atoms with Crippen molar-refractivity contribution in [2.45, 2.75) is 13.5 Å². The van der Waals surface area contributed by atoms with Crippen molar-refractivity contribution in [2.75, 3.05) is 17.2 Å². The molecule has 0 saturated carbocycles. The van der Waals surface area contributed by atoms with Crippen molar-refractivity contribution in [3.63, 3.8) is 0 Å². The smallest absolute Gasteiger partial charge is 0.262 e. The van der Waals surface area contributed by atoms with E-state index < -0.39 is 0 Å². The largest absolute Gasteiger partial charge is 0.483 e. The molecule has 0 fully saturated rings. The molecule has 30 heavy (non-hydrogen) atoms. The molecular weight excluding hydrogens is 511 g/mol. The Labute approximate surface area is 198 Å². The quantitative estimate of drug-likeness (QED) is 0.337. The van der Waals surface area contributed by atoms with E-state index in [2.05, 4.69) is 26.6 Å². The van der Waals surface area contributed by atoms with Gasteiger partial charge in [0.25, 0.3) is 5.91 Å². The predicted molar refractivity (Wildman–Crippen MR) is 128 cm³/mol. The summed E-state index contributed by atoms with van der Waals surface area (Å²) in [5, 5.41) is 7.66. The van der Waals surface area contributed by atoms with Gasteiger partial charge in [0.1, 0.15) is 5.75 Å². The van der Waals surface area contributed by atoms with Crippen LogP contribution in [0.1, 0.15) is 11.1 Å². The molecule has 156 valence electrons. The van der Waals surface area contributed by atoms with Gasteiger partial charge in [-0.3, -0.25) is 4.79 Å². The molecule has 4 nitrogen and oxygen atoms in total. The Morgan fingerprint density at radius 1 is 1.00 bits per heavy atom. The van der Waals surface area contributed by atoms with Crippen LogP contribution in [0.25, 0.3) is 0 Å². The number of hydrogen-bond donors (Lipinski definition) is 2. The van der Waals surface area contributed by atoms with Crippen molar-refractivity contribution in [3.8, 4) is 5.75 Å². The van der Waals surface area contributed by atoms with Gasteiger partial charge in [0.15, 0.2) is 6.61 Å². The number of ether oxygens (including phenoxy) is 1. The maximum Gasteiger partial charge on any atom is 0.262 e. The normalized spacial score (nSPS) is 10.6. The molecule has 0 atom stereocenters. The van der Waals surface area contributed by atoms with Crippen LogP contribution in [0.5, 0.6) is 5.75 Å². The number of nitrogens with one attached hydrogen (secondary N) is 2. The molecule has 3 rings (SSSR count). The number of rotatable bonds is 7. The Morgan fingerprint density at radius 2 is 1.80 bits per heavy atom. The van der Waals surface area contributed by atoms with Crippen LogP contribution in [0.15, 0.2) is 59.1 Å². The lowest BCUT2D eigenvalue weighted by Crippen LogP contribution is -2.20. The summed E-state index contributed by atoms with van der Waals surface area (Å²) in [6.45, 7) is 2.37. The average Bonchev–Trinajstić information content (AvgIpc) is 2.71. The minimum absolute atomic E-state index is 0.120. The number of amides is 1. The molecule has 0 aliphatic rings. The van der Waals surface area contributed by atoms with E-state index in [0.29, 0.717) is 33.0 Å². The van der Waals surface area contributed by atoms with Crippen molar-refractivity contribution in [3.05, 3.63) is 85.3 Å². The lowest BCUT2D eigenvalue weighted by Gasteiger charge is -2.12. The third-order valence-corrected chi connectivity index (χ3v) is 5.84. The Kier molecular flexibility index (Phi) is 7.89. The number of carbonyl (C=O) groups is 1. The molecule has 0 spiro atoms. The monoisotopic (exact) mass is 526 g/mol. The van der Waals surface area contributed by atoms with Crippen LogP contribution in [0.2, 0.25) is 15.1 Å². The summed E-state index contributed by atoms with van der Waals surface area (Å²) >= 11 is 21.4. The summed E-state index contributed by atoms with van der Waals surface area (Å²) < 4.78 is 6.40. The standard InChI is InChI=1S/C22H18BrCl3N2O2/c1-13-2-4-15(24)9-20(13)28-22(29)12-30-21-7-3-14(8-17(21)23)11-27-16-5-6-18(25)19(26)10-16/h2-10,27H,11-12H2,1H3,(H,28,29). The molecule has 3 aromatic carbocycles. The number of anilines is 2. The second kappa shape index (κ2) is 10.4. The molecule has 0 unspecified atom stereocenters. The lowest BCUT2D eigenvalue weighted by molar-refractivity contribution is -0.118. The Bertz CT molecular complexity index is 1080. The molecule has 0 radical (unpaired) electrons. The van der Waals surface area contributed by atoms with Crippen LogP contribution in [0, 0.1) is 6.92 Å². The Hall–Kier alpha value is -1.92. The first-order chi connectivity index (χ1) is 14.3. The van der Waals surface area contributed by atoms with Crippen LogP contribution in [-0.4, -0.2) is 12.5 Å². The number of halogens is 4. The predicted octanol–water partition coefficient (Wildman–Crippen LogP) is 7.35. The van der Waals surface area contributed by atoms with E-state index in [9.17, 15) is 4.79 Å². The van der Waals surface area contributed by atoms with Crippen molar-refractivity contribution in [1.29, 1.82) is 0 Å². The van der Waals surface area contributed by atoms with E-state index >= 15 is 0 Å². The number of benzene rings is 3. The first-order valence-corrected chi connectivity index (χ1v) is 10.9. The second-order valence-electron chi connectivity index (χ2n) is 6.54. The molecule has 0 aliphatic carbocycles. The zero-order valence-electron chi connectivity index (χ0n) is 15.9. The summed E-state index contributed by atoms with van der Waals surface area (Å²) in [5.41, 5.74) is 3.49. The highest BCUT2D eigenvalue weighted by atomic mass is 79.9. The molecule has 0 heterocycles. The minimum Gasteiger partial charge on any atom is -0.483 e. The van der Waals surface area contributed by atoms with Crippen molar-refractivity contribution >= 4 is 68.0 Å². The molecule has 3 aromatic rings. The lowest BCUT2D eigenvalue weighted by atomic mass is 10.2. The molecular formula is C22H18BrCl3N2O2. The number of hydrogen-bond acceptors (Lipinski definition) is 3. The summed E-state index contributed by atoms with van der Waals surface area (Å²) in [6, 6.07) is 16.4. The molecule has 0 aliphatic heterocycles. The minimum atomic E-state index is -0.266. The van der Waals surface area contributed by atoms with E-state index in [1.165, 1.54) is 0 Å². The van der Waals surface area contributed by atoms with Gasteiger partial charge in [-0.15, -0.1) is 0 Å². The van der Waals surface area contributed by atoms with Crippen LogP contribution in [0.4, 0.5) is 11.4 Å². The topological polar surface area (TPSA) is 50.4 Å². The maximum atomic E-state index is 12.2. The summed E-state index contributed by atoms with van der Waals surface area (Å²) in [7, 11) is 0. The van der Waals surface area contributed by atoms with Crippen LogP contribution < -0.4 is 15.4 Å². The van der Waals surface area contributed by atoms with Crippen LogP contribution in [0.3, 0.4) is 0 Å². The third-order valence-electron chi connectivity index (χ3n) is 4.25. The van der Waals surface area contributed by atoms with E-state index in [1.54, 1.807) is 24.3 Å². The van der Waals surface area contributed by atoms with Gasteiger partial charge < -0.3 is 15.4 Å². The van der Waals surface area contributed by atoms with Gasteiger partial charge >= 0.3 is 0 Å². The Balaban J connectivity index is 1.55. The van der Waals surface area contributed by atoms with Crippen LogP contribution in [-0.2, 0) is 11.3 Å². The van der Waals surface area contributed by atoms with Crippen molar-refractivity contribution < 1.29 is 9.53 Å². The molecule has 2 N–H and O–H groups in total. The van der Waals surface area contributed by atoms with E-state index in [1.807, 2.05) is 37.3 Å². The molecule has 8 heteroatoms. The van der Waals surface area contributed by atoms with E-state index in [4.69, 9.17) is 39.5 Å². The first kappa shape index (κ1) is 22.8. The van der Waals surface area contributed by atoms with Gasteiger partial charge in [-0.05, 0) is 76.4 Å². The molecule has 0 bridgehead atoms. The van der Waals surface area contributed by atoms with Gasteiger partial charge in [-0.2, -0.15) is 0 Å². The summed E-state index contributed by atoms with van der Waals surface area (Å²) in [6.07, 6.45) is 0. The first-order valence-electron chi connectivity index (χ1n) is 8.98. The fourth-order valence-electron chi connectivity index (χ4n) is 2.64. The molecule has 1 amide bonds. The Morgan fingerprint density at radius 3 is 2.53 bits per heavy atom.